The number of fused-ring (bicyclic) bond motifs is 1. The summed E-state index contributed by atoms with van der Waals surface area (Å²) >= 11 is 1.65. The highest BCUT2D eigenvalue weighted by Crippen LogP contribution is 2.23. The van der Waals surface area contributed by atoms with E-state index in [0.29, 0.717) is 44.1 Å². The van der Waals surface area contributed by atoms with Crippen molar-refractivity contribution in [1.29, 1.82) is 0 Å². The van der Waals surface area contributed by atoms with Crippen LogP contribution in [0.2, 0.25) is 0 Å². The zero-order valence-electron chi connectivity index (χ0n) is 18.0. The minimum Gasteiger partial charge on any atom is -0.339 e. The van der Waals surface area contributed by atoms with E-state index in [9.17, 15) is 9.59 Å². The van der Waals surface area contributed by atoms with Gasteiger partial charge in [-0.25, -0.2) is 4.98 Å². The number of hydrogen-bond donors (Lipinski definition) is 1. The van der Waals surface area contributed by atoms with Crippen LogP contribution in [-0.2, 0) is 10.5 Å². The number of aromatic nitrogens is 2. The van der Waals surface area contributed by atoms with E-state index >= 15 is 0 Å². The van der Waals surface area contributed by atoms with Gasteiger partial charge in [0.25, 0.3) is 5.91 Å². The van der Waals surface area contributed by atoms with Gasteiger partial charge in [0, 0.05) is 43.9 Å². The molecule has 0 saturated carbocycles. The summed E-state index contributed by atoms with van der Waals surface area (Å²) in [5.41, 5.74) is 3.85. The van der Waals surface area contributed by atoms with Crippen LogP contribution in [0.25, 0.3) is 11.0 Å². The Hall–Kier alpha value is -2.80. The molecular weight excluding hydrogens is 408 g/mol. The van der Waals surface area contributed by atoms with Gasteiger partial charge in [-0.1, -0.05) is 49.9 Å². The Morgan fingerprint density at radius 2 is 1.68 bits per heavy atom. The van der Waals surface area contributed by atoms with Gasteiger partial charge in [-0.05, 0) is 35.7 Å². The number of benzene rings is 2. The fourth-order valence-electron chi connectivity index (χ4n) is 3.71. The third kappa shape index (κ3) is 5.28. The first-order valence-corrected chi connectivity index (χ1v) is 11.7. The molecule has 1 aliphatic heterocycles. The van der Waals surface area contributed by atoms with Gasteiger partial charge in [0.2, 0.25) is 5.91 Å². The molecule has 6 nitrogen and oxygen atoms in total. The first-order chi connectivity index (χ1) is 15.0. The van der Waals surface area contributed by atoms with Crippen molar-refractivity contribution in [2.75, 3.05) is 26.2 Å². The van der Waals surface area contributed by atoms with Crippen LogP contribution in [0.4, 0.5) is 0 Å². The average molecular weight is 437 g/mol. The lowest BCUT2D eigenvalue weighted by Crippen LogP contribution is -2.50. The molecule has 1 aliphatic rings. The molecule has 0 bridgehead atoms. The van der Waals surface area contributed by atoms with Crippen LogP contribution in [-0.4, -0.2) is 57.8 Å². The second-order valence-corrected chi connectivity index (χ2v) is 9.28. The second kappa shape index (κ2) is 9.56. The van der Waals surface area contributed by atoms with Crippen molar-refractivity contribution < 1.29 is 9.59 Å². The lowest BCUT2D eigenvalue weighted by atomic mass is 10.1. The van der Waals surface area contributed by atoms with Gasteiger partial charge in [0.1, 0.15) is 0 Å². The molecule has 7 heteroatoms. The Kier molecular flexibility index (Phi) is 6.61. The van der Waals surface area contributed by atoms with Crippen LogP contribution >= 0.6 is 11.8 Å². The maximum Gasteiger partial charge on any atom is 0.253 e. The van der Waals surface area contributed by atoms with E-state index in [2.05, 4.69) is 23.8 Å². The molecule has 2 aromatic carbocycles. The number of thioether (sulfide) groups is 1. The van der Waals surface area contributed by atoms with Gasteiger partial charge in [0.05, 0.1) is 11.0 Å². The first kappa shape index (κ1) is 21.4. The van der Waals surface area contributed by atoms with E-state index in [1.54, 1.807) is 11.8 Å². The van der Waals surface area contributed by atoms with E-state index in [1.165, 1.54) is 0 Å². The largest absolute Gasteiger partial charge is 0.339 e. The minimum absolute atomic E-state index is 0.0347. The quantitative estimate of drug-likeness (QED) is 0.589. The lowest BCUT2D eigenvalue weighted by Gasteiger charge is -2.35. The average Bonchev–Trinajstić information content (AvgIpc) is 3.20. The molecular formula is C24H28N4O2S. The zero-order valence-corrected chi connectivity index (χ0v) is 18.8. The number of para-hydroxylation sites is 2. The lowest BCUT2D eigenvalue weighted by molar-refractivity contribution is -0.133. The summed E-state index contributed by atoms with van der Waals surface area (Å²) in [6.45, 7) is 6.51. The van der Waals surface area contributed by atoms with E-state index in [4.69, 9.17) is 0 Å². The molecule has 0 unspecified atom stereocenters. The predicted octanol–water partition coefficient (Wildman–Crippen LogP) is 4.19. The van der Waals surface area contributed by atoms with Gasteiger partial charge in [0.15, 0.2) is 5.16 Å². The van der Waals surface area contributed by atoms with Crippen LogP contribution in [0.5, 0.6) is 0 Å². The van der Waals surface area contributed by atoms with E-state index in [1.807, 2.05) is 58.3 Å². The summed E-state index contributed by atoms with van der Waals surface area (Å²) in [4.78, 5) is 36.7. The molecule has 2 heterocycles. The monoisotopic (exact) mass is 436 g/mol. The third-order valence-corrected chi connectivity index (χ3v) is 6.39. The number of rotatable bonds is 6. The standard InChI is InChI=1S/C24H28N4O2S/c1-17(2)15-22(29)27-11-13-28(14-12-27)23(30)19-9-7-18(8-10-19)16-31-24-25-20-5-3-4-6-21(20)26-24/h3-10,17H,11-16H2,1-2H3,(H,25,26). The summed E-state index contributed by atoms with van der Waals surface area (Å²) in [7, 11) is 0. The highest BCUT2D eigenvalue weighted by molar-refractivity contribution is 7.98. The highest BCUT2D eigenvalue weighted by atomic mass is 32.2. The SMILES string of the molecule is CC(C)CC(=O)N1CCN(C(=O)c2ccc(CSc3nc4ccccc4[nH]3)cc2)CC1. The van der Waals surface area contributed by atoms with Gasteiger partial charge in [-0.2, -0.15) is 0 Å². The molecule has 1 aromatic heterocycles. The summed E-state index contributed by atoms with van der Waals surface area (Å²) in [6, 6.07) is 15.8. The van der Waals surface area contributed by atoms with Crippen molar-refractivity contribution in [3.63, 3.8) is 0 Å². The normalized spacial score (nSPS) is 14.4. The molecule has 31 heavy (non-hydrogen) atoms. The Balaban J connectivity index is 1.29. The van der Waals surface area contributed by atoms with Crippen molar-refractivity contribution in [2.45, 2.75) is 31.2 Å². The van der Waals surface area contributed by atoms with Crippen molar-refractivity contribution in [3.8, 4) is 0 Å². The first-order valence-electron chi connectivity index (χ1n) is 10.7. The van der Waals surface area contributed by atoms with Crippen LogP contribution < -0.4 is 0 Å². The smallest absolute Gasteiger partial charge is 0.253 e. The topological polar surface area (TPSA) is 69.3 Å². The van der Waals surface area contributed by atoms with Gasteiger partial charge in [-0.15, -0.1) is 0 Å². The molecule has 2 amide bonds. The molecule has 0 atom stereocenters. The molecule has 3 aromatic rings. The fraction of sp³-hybridized carbons (Fsp3) is 0.375. The number of hydrogen-bond acceptors (Lipinski definition) is 4. The van der Waals surface area contributed by atoms with Crippen LogP contribution in [0.1, 0.15) is 36.2 Å². The summed E-state index contributed by atoms with van der Waals surface area (Å²) in [5.74, 6) is 1.36. The molecule has 1 N–H and O–H groups in total. The van der Waals surface area contributed by atoms with Crippen molar-refractivity contribution in [1.82, 2.24) is 19.8 Å². The van der Waals surface area contributed by atoms with Crippen molar-refractivity contribution >= 4 is 34.6 Å². The highest BCUT2D eigenvalue weighted by Gasteiger charge is 2.25. The Bertz CT molecular complexity index is 1020. The molecule has 1 saturated heterocycles. The Morgan fingerprint density at radius 3 is 2.35 bits per heavy atom. The van der Waals surface area contributed by atoms with E-state index < -0.39 is 0 Å². The number of amides is 2. The Morgan fingerprint density at radius 1 is 1.00 bits per heavy atom. The molecule has 0 aliphatic carbocycles. The van der Waals surface area contributed by atoms with Gasteiger partial charge in [-0.3, -0.25) is 9.59 Å². The molecule has 4 rings (SSSR count). The molecule has 1 fully saturated rings. The second-order valence-electron chi connectivity index (χ2n) is 8.32. The maximum atomic E-state index is 12.8. The zero-order chi connectivity index (χ0) is 21.8. The summed E-state index contributed by atoms with van der Waals surface area (Å²) < 4.78 is 0. The number of carbonyl (C=O) groups excluding carboxylic acids is 2. The summed E-state index contributed by atoms with van der Waals surface area (Å²) in [6.07, 6.45) is 0.571. The van der Waals surface area contributed by atoms with Crippen molar-refractivity contribution in [2.24, 2.45) is 5.92 Å². The maximum absolute atomic E-state index is 12.8. The summed E-state index contributed by atoms with van der Waals surface area (Å²) in [5, 5.41) is 0.895. The molecule has 162 valence electrons. The molecule has 0 radical (unpaired) electrons. The predicted molar refractivity (Wildman–Crippen MR) is 124 cm³/mol. The number of carbonyl (C=O) groups is 2. The van der Waals surface area contributed by atoms with Crippen LogP contribution in [0, 0.1) is 5.92 Å². The number of H-pyrrole nitrogens is 1. The van der Waals surface area contributed by atoms with Crippen LogP contribution in [0.15, 0.2) is 53.7 Å². The third-order valence-electron chi connectivity index (χ3n) is 5.45. The van der Waals surface area contributed by atoms with E-state index in [0.717, 1.165) is 27.5 Å². The minimum atomic E-state index is 0.0347. The number of piperazine rings is 1. The Labute approximate surface area is 187 Å². The van der Waals surface area contributed by atoms with Gasteiger partial charge < -0.3 is 14.8 Å². The number of nitrogens with one attached hydrogen (secondary N) is 1. The van der Waals surface area contributed by atoms with E-state index in [-0.39, 0.29) is 11.8 Å². The number of imidazole rings is 1. The van der Waals surface area contributed by atoms with Crippen molar-refractivity contribution in [3.05, 3.63) is 59.7 Å². The fourth-order valence-corrected chi connectivity index (χ4v) is 4.55. The number of nitrogens with zero attached hydrogens (tertiary/aromatic N) is 3. The van der Waals surface area contributed by atoms with Crippen LogP contribution in [0.3, 0.4) is 0 Å². The van der Waals surface area contributed by atoms with Gasteiger partial charge >= 0.3 is 0 Å². The number of aromatic amines is 1. The molecule has 0 spiro atoms.